The van der Waals surface area contributed by atoms with Crippen LogP contribution in [0.1, 0.15) is 30.5 Å². The second kappa shape index (κ2) is 7.77. The number of hydrogen-bond donors (Lipinski definition) is 1. The van der Waals surface area contributed by atoms with E-state index in [1.807, 2.05) is 71.6 Å². The molecule has 1 amide bonds. The van der Waals surface area contributed by atoms with Gasteiger partial charge in [0.05, 0.1) is 11.7 Å². The third-order valence-electron chi connectivity index (χ3n) is 5.09. The lowest BCUT2D eigenvalue weighted by atomic mass is 9.96. The van der Waals surface area contributed by atoms with Crippen molar-refractivity contribution < 1.29 is 9.53 Å². The minimum Gasteiger partial charge on any atom is -0.455 e. The van der Waals surface area contributed by atoms with Gasteiger partial charge in [-0.15, -0.1) is 0 Å². The number of nitrogens with zero attached hydrogens (tertiary/aromatic N) is 1. The number of aryl methyl sites for hydroxylation is 1. The molecule has 3 aromatic carbocycles. The summed E-state index contributed by atoms with van der Waals surface area (Å²) in [5, 5.41) is 3.63. The molecule has 4 nitrogen and oxygen atoms in total. The number of nitrogens with one attached hydrogen (secondary N) is 1. The van der Waals surface area contributed by atoms with Gasteiger partial charge in [-0.1, -0.05) is 48.0 Å². The topological polar surface area (TPSA) is 41.6 Å². The molecule has 0 bridgehead atoms. The maximum Gasteiger partial charge on any atom is 0.223 e. The van der Waals surface area contributed by atoms with Gasteiger partial charge in [-0.25, -0.2) is 0 Å². The molecule has 0 fully saturated rings. The molecule has 0 aliphatic carbocycles. The van der Waals surface area contributed by atoms with E-state index in [0.717, 1.165) is 34.9 Å². The Labute approximate surface area is 165 Å². The van der Waals surface area contributed by atoms with Gasteiger partial charge in [0.2, 0.25) is 5.91 Å². The zero-order valence-electron chi connectivity index (χ0n) is 16.2. The van der Waals surface area contributed by atoms with Crippen molar-refractivity contribution >= 4 is 17.3 Å². The average molecular weight is 372 g/mol. The van der Waals surface area contributed by atoms with Crippen LogP contribution in [0, 0.1) is 6.92 Å². The summed E-state index contributed by atoms with van der Waals surface area (Å²) in [5.74, 6) is 1.68. The van der Waals surface area contributed by atoms with Crippen LogP contribution in [0.5, 0.6) is 11.5 Å². The summed E-state index contributed by atoms with van der Waals surface area (Å²) in [7, 11) is 0. The van der Waals surface area contributed by atoms with Gasteiger partial charge in [-0.2, -0.15) is 0 Å². The van der Waals surface area contributed by atoms with E-state index >= 15 is 0 Å². The third kappa shape index (κ3) is 3.72. The molecule has 3 aromatic rings. The lowest BCUT2D eigenvalue weighted by Crippen LogP contribution is -2.36. The van der Waals surface area contributed by atoms with Gasteiger partial charge < -0.3 is 15.0 Å². The van der Waals surface area contributed by atoms with Gasteiger partial charge in [-0.3, -0.25) is 4.79 Å². The number of benzene rings is 3. The Balaban J connectivity index is 1.60. The molecule has 0 radical (unpaired) electrons. The molecule has 28 heavy (non-hydrogen) atoms. The Bertz CT molecular complexity index is 982. The lowest BCUT2D eigenvalue weighted by Gasteiger charge is -2.34. The zero-order chi connectivity index (χ0) is 19.5. The lowest BCUT2D eigenvalue weighted by molar-refractivity contribution is -0.116. The first-order chi connectivity index (χ1) is 13.6. The fourth-order valence-electron chi connectivity index (χ4n) is 3.64. The van der Waals surface area contributed by atoms with Crippen molar-refractivity contribution in [2.45, 2.75) is 26.3 Å². The monoisotopic (exact) mass is 372 g/mol. The van der Waals surface area contributed by atoms with Crippen LogP contribution in [0.4, 0.5) is 11.4 Å². The van der Waals surface area contributed by atoms with Crippen LogP contribution in [-0.4, -0.2) is 12.5 Å². The fourth-order valence-corrected chi connectivity index (χ4v) is 3.64. The highest BCUT2D eigenvalue weighted by atomic mass is 16.5. The average Bonchev–Trinajstić information content (AvgIpc) is 2.71. The van der Waals surface area contributed by atoms with Gasteiger partial charge >= 0.3 is 0 Å². The van der Waals surface area contributed by atoms with E-state index in [2.05, 4.69) is 18.3 Å². The number of hydrogen-bond acceptors (Lipinski definition) is 3. The zero-order valence-corrected chi connectivity index (χ0v) is 16.2. The largest absolute Gasteiger partial charge is 0.455 e. The molecule has 1 aliphatic rings. The van der Waals surface area contributed by atoms with Crippen molar-refractivity contribution in [1.82, 2.24) is 0 Å². The van der Waals surface area contributed by atoms with Crippen LogP contribution in [0.3, 0.4) is 0 Å². The molecule has 142 valence electrons. The van der Waals surface area contributed by atoms with E-state index in [1.54, 1.807) is 6.92 Å². The van der Waals surface area contributed by atoms with Gasteiger partial charge in [0.1, 0.15) is 5.75 Å². The first kappa shape index (κ1) is 18.1. The summed E-state index contributed by atoms with van der Waals surface area (Å²) in [6, 6.07) is 24.2. The predicted molar refractivity (Wildman–Crippen MR) is 113 cm³/mol. The Morgan fingerprint density at radius 2 is 1.71 bits per heavy atom. The number of ether oxygens (including phenoxy) is 1. The van der Waals surface area contributed by atoms with Crippen LogP contribution in [0.2, 0.25) is 0 Å². The van der Waals surface area contributed by atoms with Gasteiger partial charge in [-0.05, 0) is 49.2 Å². The molecule has 0 spiro atoms. The number of para-hydroxylation sites is 3. The Hall–Kier alpha value is -3.27. The van der Waals surface area contributed by atoms with Crippen molar-refractivity contribution in [2.24, 2.45) is 0 Å². The summed E-state index contributed by atoms with van der Waals surface area (Å²) in [6.07, 6.45) is 0.843. The number of carbonyl (C=O) groups excluding carboxylic acids is 1. The van der Waals surface area contributed by atoms with Crippen LogP contribution in [0.25, 0.3) is 0 Å². The molecule has 1 heterocycles. The summed E-state index contributed by atoms with van der Waals surface area (Å²) >= 11 is 0. The summed E-state index contributed by atoms with van der Waals surface area (Å²) < 4.78 is 6.13. The van der Waals surface area contributed by atoms with E-state index in [4.69, 9.17) is 4.74 Å². The number of fused-ring (bicyclic) bond motifs is 1. The van der Waals surface area contributed by atoms with Crippen LogP contribution >= 0.6 is 0 Å². The third-order valence-corrected chi connectivity index (χ3v) is 5.09. The SMILES string of the molecule is CC(=O)N1CCC(Nc2ccccc2Oc2ccc(C)cc2)c2ccccc21. The Kier molecular flexibility index (Phi) is 5.02. The molecule has 0 saturated carbocycles. The number of amides is 1. The molecule has 1 N–H and O–H groups in total. The second-order valence-electron chi connectivity index (χ2n) is 7.13. The first-order valence-corrected chi connectivity index (χ1v) is 9.59. The van der Waals surface area contributed by atoms with Crippen molar-refractivity contribution in [1.29, 1.82) is 0 Å². The highest BCUT2D eigenvalue weighted by molar-refractivity contribution is 5.93. The summed E-state index contributed by atoms with van der Waals surface area (Å²) in [6.45, 7) is 4.38. The fraction of sp³-hybridized carbons (Fsp3) is 0.208. The van der Waals surface area contributed by atoms with E-state index in [1.165, 1.54) is 5.56 Å². The standard InChI is InChI=1S/C24H24N2O2/c1-17-11-13-19(14-12-17)28-24-10-6-4-8-22(24)25-21-15-16-26(18(2)27)23-9-5-3-7-20(21)23/h3-14,21,25H,15-16H2,1-2H3. The second-order valence-corrected chi connectivity index (χ2v) is 7.13. The highest BCUT2D eigenvalue weighted by Gasteiger charge is 2.27. The van der Waals surface area contributed by atoms with E-state index in [0.29, 0.717) is 6.54 Å². The summed E-state index contributed by atoms with van der Waals surface area (Å²) in [4.78, 5) is 13.8. The van der Waals surface area contributed by atoms with E-state index in [-0.39, 0.29) is 11.9 Å². The first-order valence-electron chi connectivity index (χ1n) is 9.59. The molecular weight excluding hydrogens is 348 g/mol. The van der Waals surface area contributed by atoms with Gasteiger partial charge in [0, 0.05) is 19.2 Å². The smallest absolute Gasteiger partial charge is 0.223 e. The molecule has 0 aromatic heterocycles. The molecule has 4 heteroatoms. The van der Waals surface area contributed by atoms with Crippen molar-refractivity contribution in [3.05, 3.63) is 83.9 Å². The van der Waals surface area contributed by atoms with Crippen LogP contribution < -0.4 is 15.0 Å². The van der Waals surface area contributed by atoms with Gasteiger partial charge in [0.25, 0.3) is 0 Å². The van der Waals surface area contributed by atoms with Crippen molar-refractivity contribution in [3.8, 4) is 11.5 Å². The van der Waals surface area contributed by atoms with Crippen molar-refractivity contribution in [2.75, 3.05) is 16.8 Å². The summed E-state index contributed by atoms with van der Waals surface area (Å²) in [5.41, 5.74) is 4.26. The Morgan fingerprint density at radius 3 is 2.50 bits per heavy atom. The number of carbonyl (C=O) groups is 1. The van der Waals surface area contributed by atoms with E-state index < -0.39 is 0 Å². The van der Waals surface area contributed by atoms with Crippen molar-refractivity contribution in [3.63, 3.8) is 0 Å². The Morgan fingerprint density at radius 1 is 1.00 bits per heavy atom. The predicted octanol–water partition coefficient (Wildman–Crippen LogP) is 5.70. The van der Waals surface area contributed by atoms with Crippen LogP contribution in [0.15, 0.2) is 72.8 Å². The minimum atomic E-state index is 0.0778. The number of rotatable bonds is 4. The van der Waals surface area contributed by atoms with Gasteiger partial charge in [0.15, 0.2) is 5.75 Å². The quantitative estimate of drug-likeness (QED) is 0.639. The molecule has 1 aliphatic heterocycles. The molecular formula is C24H24N2O2. The highest BCUT2D eigenvalue weighted by Crippen LogP contribution is 2.38. The molecule has 0 saturated heterocycles. The normalized spacial score (nSPS) is 15.6. The van der Waals surface area contributed by atoms with Crippen LogP contribution in [-0.2, 0) is 4.79 Å². The maximum absolute atomic E-state index is 12.0. The molecule has 1 unspecified atom stereocenters. The molecule has 1 atom stereocenters. The number of anilines is 2. The maximum atomic E-state index is 12.0. The van der Waals surface area contributed by atoms with E-state index in [9.17, 15) is 4.79 Å². The minimum absolute atomic E-state index is 0.0778. The molecule has 4 rings (SSSR count).